The number of ether oxygens (including phenoxy) is 1. The van der Waals surface area contributed by atoms with Gasteiger partial charge in [0.2, 0.25) is 0 Å². The maximum Gasteiger partial charge on any atom is 0.573 e. The Hall–Kier alpha value is -3.42. The molecule has 5 nitrogen and oxygen atoms in total. The molecule has 3 aromatic rings. The first kappa shape index (κ1) is 17.4. The molecular formula is C18H12F3N3O2. The molecule has 0 radical (unpaired) electrons. The molecule has 1 aromatic heterocycles. The molecule has 0 bridgehead atoms. The third-order valence-corrected chi connectivity index (χ3v) is 3.29. The van der Waals surface area contributed by atoms with Crippen molar-refractivity contribution in [1.82, 2.24) is 9.97 Å². The highest BCUT2D eigenvalue weighted by molar-refractivity contribution is 6.03. The van der Waals surface area contributed by atoms with Crippen LogP contribution >= 0.6 is 0 Å². The fraction of sp³-hybridized carbons (Fsp3) is 0.0556. The summed E-state index contributed by atoms with van der Waals surface area (Å²) in [7, 11) is 0. The van der Waals surface area contributed by atoms with Gasteiger partial charge in [-0.2, -0.15) is 0 Å². The Kier molecular flexibility index (Phi) is 4.83. The molecule has 132 valence electrons. The Balaban J connectivity index is 1.66. The Morgan fingerprint density at radius 2 is 1.54 bits per heavy atom. The minimum Gasteiger partial charge on any atom is -0.406 e. The molecule has 2 aromatic carbocycles. The van der Waals surface area contributed by atoms with Crippen molar-refractivity contribution in [3.8, 4) is 17.1 Å². The normalized spacial score (nSPS) is 11.0. The summed E-state index contributed by atoms with van der Waals surface area (Å²) in [5.74, 6) is -0.365. The predicted octanol–water partition coefficient (Wildman–Crippen LogP) is 4.29. The van der Waals surface area contributed by atoms with Gasteiger partial charge in [0.05, 0.1) is 5.56 Å². The molecule has 0 spiro atoms. The summed E-state index contributed by atoms with van der Waals surface area (Å²) in [4.78, 5) is 20.5. The number of nitrogens with one attached hydrogen (secondary N) is 1. The highest BCUT2D eigenvalue weighted by atomic mass is 19.4. The number of benzene rings is 2. The van der Waals surface area contributed by atoms with E-state index in [0.717, 1.165) is 17.7 Å². The third-order valence-electron chi connectivity index (χ3n) is 3.29. The summed E-state index contributed by atoms with van der Waals surface area (Å²) in [5, 5.41) is 2.55. The van der Waals surface area contributed by atoms with Gasteiger partial charge in [-0.3, -0.25) is 4.79 Å². The van der Waals surface area contributed by atoms with E-state index in [1.165, 1.54) is 24.5 Å². The second kappa shape index (κ2) is 7.22. The minimum atomic E-state index is -4.76. The smallest absolute Gasteiger partial charge is 0.406 e. The van der Waals surface area contributed by atoms with Crippen LogP contribution in [0.1, 0.15) is 10.4 Å². The molecule has 0 fully saturated rings. The molecule has 1 amide bonds. The van der Waals surface area contributed by atoms with Gasteiger partial charge >= 0.3 is 6.36 Å². The number of hydrogen-bond donors (Lipinski definition) is 1. The summed E-state index contributed by atoms with van der Waals surface area (Å²) in [6.07, 6.45) is -2.00. The van der Waals surface area contributed by atoms with E-state index in [2.05, 4.69) is 20.0 Å². The van der Waals surface area contributed by atoms with Gasteiger partial charge in [-0.1, -0.05) is 30.3 Å². The van der Waals surface area contributed by atoms with E-state index in [4.69, 9.17) is 0 Å². The van der Waals surface area contributed by atoms with Gasteiger partial charge in [0.15, 0.2) is 5.82 Å². The highest BCUT2D eigenvalue weighted by Crippen LogP contribution is 2.24. The quantitative estimate of drug-likeness (QED) is 0.755. The zero-order valence-corrected chi connectivity index (χ0v) is 13.2. The number of halogens is 3. The molecule has 0 unspecified atom stereocenters. The van der Waals surface area contributed by atoms with E-state index in [1.54, 1.807) is 0 Å². The van der Waals surface area contributed by atoms with Crippen LogP contribution in [0.2, 0.25) is 0 Å². The second-order valence-electron chi connectivity index (χ2n) is 5.19. The molecule has 0 atom stereocenters. The molecule has 0 saturated carbocycles. The van der Waals surface area contributed by atoms with Crippen molar-refractivity contribution in [3.63, 3.8) is 0 Å². The molecule has 0 aliphatic carbocycles. The number of rotatable bonds is 4. The van der Waals surface area contributed by atoms with Gasteiger partial charge in [0, 0.05) is 23.6 Å². The topological polar surface area (TPSA) is 64.1 Å². The van der Waals surface area contributed by atoms with Gasteiger partial charge in [0.25, 0.3) is 5.91 Å². The average molecular weight is 359 g/mol. The first-order valence-corrected chi connectivity index (χ1v) is 7.45. The lowest BCUT2D eigenvalue weighted by molar-refractivity contribution is -0.274. The second-order valence-corrected chi connectivity index (χ2v) is 5.19. The number of aromatic nitrogens is 2. The summed E-state index contributed by atoms with van der Waals surface area (Å²) in [6, 6.07) is 14.1. The fourth-order valence-corrected chi connectivity index (χ4v) is 2.12. The van der Waals surface area contributed by atoms with Gasteiger partial charge in [-0.05, 0) is 24.3 Å². The number of nitrogens with zero attached hydrogens (tertiary/aromatic N) is 2. The molecule has 0 aliphatic rings. The molecule has 0 saturated heterocycles. The number of carbonyl (C=O) groups excluding carboxylic acids is 1. The van der Waals surface area contributed by atoms with Gasteiger partial charge < -0.3 is 10.1 Å². The summed E-state index contributed by atoms with van der Waals surface area (Å²) >= 11 is 0. The number of alkyl halides is 3. The number of anilines is 1. The Morgan fingerprint density at radius 1 is 0.923 bits per heavy atom. The predicted molar refractivity (Wildman–Crippen MR) is 88.5 cm³/mol. The molecule has 3 rings (SSSR count). The summed E-state index contributed by atoms with van der Waals surface area (Å²) < 4.78 is 40.1. The van der Waals surface area contributed by atoms with Crippen LogP contribution in [0.15, 0.2) is 67.0 Å². The van der Waals surface area contributed by atoms with E-state index < -0.39 is 12.3 Å². The zero-order valence-electron chi connectivity index (χ0n) is 13.2. The monoisotopic (exact) mass is 359 g/mol. The largest absolute Gasteiger partial charge is 0.573 e. The van der Waals surface area contributed by atoms with E-state index in [1.807, 2.05) is 30.3 Å². The van der Waals surface area contributed by atoms with Crippen molar-refractivity contribution in [2.24, 2.45) is 0 Å². The van der Waals surface area contributed by atoms with Crippen molar-refractivity contribution in [2.75, 3.05) is 5.32 Å². The van der Waals surface area contributed by atoms with E-state index >= 15 is 0 Å². The third kappa shape index (κ3) is 4.56. The van der Waals surface area contributed by atoms with Crippen LogP contribution in [0.3, 0.4) is 0 Å². The van der Waals surface area contributed by atoms with Crippen LogP contribution in [0.4, 0.5) is 18.9 Å². The summed E-state index contributed by atoms with van der Waals surface area (Å²) in [5.41, 5.74) is 1.36. The van der Waals surface area contributed by atoms with Crippen molar-refractivity contribution < 1.29 is 22.7 Å². The van der Waals surface area contributed by atoms with Crippen LogP contribution in [-0.4, -0.2) is 22.2 Å². The average Bonchev–Trinajstić information content (AvgIpc) is 2.63. The van der Waals surface area contributed by atoms with E-state index in [0.29, 0.717) is 11.5 Å². The number of hydrogen-bond acceptors (Lipinski definition) is 4. The first-order valence-electron chi connectivity index (χ1n) is 7.45. The van der Waals surface area contributed by atoms with Gasteiger partial charge in [0.1, 0.15) is 5.75 Å². The van der Waals surface area contributed by atoms with Crippen molar-refractivity contribution >= 4 is 11.6 Å². The SMILES string of the molecule is O=C(Nc1ccc(OC(F)(F)F)cc1)c1cnc(-c2ccccc2)nc1. The van der Waals surface area contributed by atoms with Crippen LogP contribution in [0.5, 0.6) is 5.75 Å². The van der Waals surface area contributed by atoms with Crippen LogP contribution in [-0.2, 0) is 0 Å². The molecule has 0 aliphatic heterocycles. The van der Waals surface area contributed by atoms with Crippen molar-refractivity contribution in [1.29, 1.82) is 0 Å². The molecule has 1 N–H and O–H groups in total. The fourth-order valence-electron chi connectivity index (χ4n) is 2.12. The molecular weight excluding hydrogens is 347 g/mol. The van der Waals surface area contributed by atoms with Gasteiger partial charge in [-0.15, -0.1) is 13.2 Å². The lowest BCUT2D eigenvalue weighted by atomic mass is 10.2. The first-order chi connectivity index (χ1) is 12.4. The molecule has 8 heteroatoms. The van der Waals surface area contributed by atoms with Gasteiger partial charge in [-0.25, -0.2) is 9.97 Å². The summed E-state index contributed by atoms with van der Waals surface area (Å²) in [6.45, 7) is 0. The number of carbonyl (C=O) groups is 1. The van der Waals surface area contributed by atoms with E-state index in [9.17, 15) is 18.0 Å². The van der Waals surface area contributed by atoms with E-state index in [-0.39, 0.29) is 11.3 Å². The highest BCUT2D eigenvalue weighted by Gasteiger charge is 2.30. The zero-order chi connectivity index (χ0) is 18.6. The Morgan fingerprint density at radius 3 is 2.12 bits per heavy atom. The lowest BCUT2D eigenvalue weighted by Crippen LogP contribution is -2.17. The Bertz CT molecular complexity index is 880. The number of amides is 1. The lowest BCUT2D eigenvalue weighted by Gasteiger charge is -2.10. The molecule has 1 heterocycles. The standard InChI is InChI=1S/C18H12F3N3O2/c19-18(20,21)26-15-8-6-14(7-9-15)24-17(25)13-10-22-16(23-11-13)12-4-2-1-3-5-12/h1-11H,(H,24,25). The van der Waals surface area contributed by atoms with Crippen LogP contribution in [0.25, 0.3) is 11.4 Å². The van der Waals surface area contributed by atoms with Crippen LogP contribution < -0.4 is 10.1 Å². The minimum absolute atomic E-state index is 0.222. The van der Waals surface area contributed by atoms with Crippen molar-refractivity contribution in [3.05, 3.63) is 72.6 Å². The molecule has 26 heavy (non-hydrogen) atoms. The maximum atomic E-state index is 12.2. The van der Waals surface area contributed by atoms with Crippen LogP contribution in [0, 0.1) is 0 Å². The Labute approximate surface area is 146 Å². The maximum absolute atomic E-state index is 12.2. The van der Waals surface area contributed by atoms with Crippen molar-refractivity contribution in [2.45, 2.75) is 6.36 Å².